The first kappa shape index (κ1) is 5.57. The predicted octanol–water partition coefficient (Wildman–Crippen LogP) is 1.59. The quantitative estimate of drug-likeness (QED) is 0.417. The molecule has 0 saturated carbocycles. The molecular weight excluding hydrogens is 124 g/mol. The van der Waals surface area contributed by atoms with Gasteiger partial charge < -0.3 is 0 Å². The molecule has 0 aromatic heterocycles. The fourth-order valence-corrected chi connectivity index (χ4v) is 1.88. The number of thioether (sulfide) groups is 1. The van der Waals surface area contributed by atoms with Crippen LogP contribution in [0.25, 0.3) is 0 Å². The van der Waals surface area contributed by atoms with Gasteiger partial charge in [-0.05, 0) is 0 Å². The van der Waals surface area contributed by atoms with Crippen molar-refractivity contribution in [1.82, 2.24) is 0 Å². The summed E-state index contributed by atoms with van der Waals surface area (Å²) in [6, 6.07) is 0. The summed E-state index contributed by atoms with van der Waals surface area (Å²) in [7, 11) is 0. The maximum Gasteiger partial charge on any atom is 0.0154 e. The summed E-state index contributed by atoms with van der Waals surface area (Å²) in [5.74, 6) is 3.37. The van der Waals surface area contributed by atoms with Crippen molar-refractivity contribution in [1.29, 1.82) is 0 Å². The summed E-state index contributed by atoms with van der Waals surface area (Å²) in [5.41, 5.74) is 1.49. The van der Waals surface area contributed by atoms with Crippen LogP contribution in [0.2, 0.25) is 0 Å². The smallest absolute Gasteiger partial charge is 0.0154 e. The molecule has 0 unspecified atom stereocenters. The second-order valence-corrected chi connectivity index (χ2v) is 2.88. The van der Waals surface area contributed by atoms with Crippen LogP contribution in [0.3, 0.4) is 0 Å². The highest BCUT2D eigenvalue weighted by Crippen LogP contribution is 2.16. The molecule has 1 aliphatic rings. The molecule has 40 valence electrons. The van der Waals surface area contributed by atoms with Crippen molar-refractivity contribution in [2.45, 2.75) is 0 Å². The highest BCUT2D eigenvalue weighted by molar-refractivity contribution is 7.99. The minimum atomic E-state index is 0.951. The minimum Gasteiger partial charge on any atom is -0.175 e. The SMILES string of the molecule is SCC1=CCSC1. The molecule has 0 aliphatic carbocycles. The van der Waals surface area contributed by atoms with E-state index in [1.165, 1.54) is 17.1 Å². The van der Waals surface area contributed by atoms with Crippen LogP contribution in [0, 0.1) is 0 Å². The van der Waals surface area contributed by atoms with E-state index in [4.69, 9.17) is 0 Å². The van der Waals surface area contributed by atoms with Gasteiger partial charge >= 0.3 is 0 Å². The van der Waals surface area contributed by atoms with E-state index in [-0.39, 0.29) is 0 Å². The van der Waals surface area contributed by atoms with Crippen molar-refractivity contribution in [3.63, 3.8) is 0 Å². The lowest BCUT2D eigenvalue weighted by atomic mass is 10.3. The van der Waals surface area contributed by atoms with Gasteiger partial charge in [-0.15, -0.1) is 0 Å². The van der Waals surface area contributed by atoms with E-state index in [0.29, 0.717) is 0 Å². The first-order valence-electron chi connectivity index (χ1n) is 2.30. The predicted molar refractivity (Wildman–Crippen MR) is 39.3 cm³/mol. The minimum absolute atomic E-state index is 0.951. The molecule has 0 bridgehead atoms. The lowest BCUT2D eigenvalue weighted by Crippen LogP contribution is -1.79. The fourth-order valence-electron chi connectivity index (χ4n) is 0.536. The van der Waals surface area contributed by atoms with Crippen LogP contribution in [-0.4, -0.2) is 17.3 Å². The molecule has 0 atom stereocenters. The molecular formula is C5H8S2. The van der Waals surface area contributed by atoms with Gasteiger partial charge in [0, 0.05) is 17.3 Å². The van der Waals surface area contributed by atoms with Gasteiger partial charge in [-0.3, -0.25) is 0 Å². The van der Waals surface area contributed by atoms with Gasteiger partial charge in [-0.25, -0.2) is 0 Å². The lowest BCUT2D eigenvalue weighted by molar-refractivity contribution is 1.45. The van der Waals surface area contributed by atoms with E-state index >= 15 is 0 Å². The van der Waals surface area contributed by atoms with E-state index in [0.717, 1.165) is 5.75 Å². The van der Waals surface area contributed by atoms with Crippen molar-refractivity contribution in [3.8, 4) is 0 Å². The maximum absolute atomic E-state index is 4.13. The number of rotatable bonds is 1. The zero-order valence-electron chi connectivity index (χ0n) is 4.05. The first-order valence-corrected chi connectivity index (χ1v) is 4.08. The second-order valence-electron chi connectivity index (χ2n) is 1.54. The maximum atomic E-state index is 4.13. The largest absolute Gasteiger partial charge is 0.175 e. The average Bonchev–Trinajstić information content (AvgIpc) is 2.14. The van der Waals surface area contributed by atoms with Gasteiger partial charge in [0.2, 0.25) is 0 Å². The first-order chi connectivity index (χ1) is 3.43. The molecule has 0 spiro atoms. The lowest BCUT2D eigenvalue weighted by Gasteiger charge is -1.87. The molecule has 1 heterocycles. The number of thiol groups is 1. The van der Waals surface area contributed by atoms with Crippen LogP contribution in [0.4, 0.5) is 0 Å². The molecule has 0 saturated heterocycles. The molecule has 0 aromatic rings. The number of hydrogen-bond donors (Lipinski definition) is 1. The van der Waals surface area contributed by atoms with Crippen LogP contribution < -0.4 is 0 Å². The normalized spacial score (nSPS) is 19.9. The van der Waals surface area contributed by atoms with Crippen molar-refractivity contribution >= 4 is 24.4 Å². The van der Waals surface area contributed by atoms with Gasteiger partial charge in [-0.2, -0.15) is 24.4 Å². The Labute approximate surface area is 53.8 Å². The third-order valence-electron chi connectivity index (χ3n) is 0.980. The van der Waals surface area contributed by atoms with Crippen LogP contribution in [0.1, 0.15) is 0 Å². The van der Waals surface area contributed by atoms with Crippen molar-refractivity contribution in [2.24, 2.45) is 0 Å². The Kier molecular flexibility index (Phi) is 2.13. The van der Waals surface area contributed by atoms with Crippen LogP contribution in [-0.2, 0) is 0 Å². The Morgan fingerprint density at radius 3 is 3.00 bits per heavy atom. The Hall–Kier alpha value is 0.440. The molecule has 0 N–H and O–H groups in total. The summed E-state index contributed by atoms with van der Waals surface area (Å²) in [4.78, 5) is 0. The van der Waals surface area contributed by atoms with Crippen molar-refractivity contribution in [3.05, 3.63) is 11.6 Å². The van der Waals surface area contributed by atoms with E-state index in [2.05, 4.69) is 18.7 Å². The van der Waals surface area contributed by atoms with E-state index in [1.807, 2.05) is 11.8 Å². The highest BCUT2D eigenvalue weighted by atomic mass is 32.2. The van der Waals surface area contributed by atoms with Gasteiger partial charge in [-0.1, -0.05) is 11.6 Å². The zero-order valence-corrected chi connectivity index (χ0v) is 5.77. The van der Waals surface area contributed by atoms with Crippen LogP contribution in [0.15, 0.2) is 11.6 Å². The van der Waals surface area contributed by atoms with Gasteiger partial charge in [0.05, 0.1) is 0 Å². The average molecular weight is 132 g/mol. The molecule has 1 aliphatic heterocycles. The van der Waals surface area contributed by atoms with Gasteiger partial charge in [0.25, 0.3) is 0 Å². The topological polar surface area (TPSA) is 0 Å². The summed E-state index contributed by atoms with van der Waals surface area (Å²) in [5, 5.41) is 0. The Bertz CT molecular complexity index is 86.1. The van der Waals surface area contributed by atoms with E-state index in [9.17, 15) is 0 Å². The molecule has 2 heteroatoms. The Morgan fingerprint density at radius 1 is 1.86 bits per heavy atom. The fraction of sp³-hybridized carbons (Fsp3) is 0.600. The molecule has 0 amide bonds. The molecule has 0 fully saturated rings. The standard InChI is InChI=1S/C5H8S2/c6-3-5-1-2-7-4-5/h1,6H,2-4H2. The second kappa shape index (κ2) is 2.68. The van der Waals surface area contributed by atoms with Gasteiger partial charge in [0.1, 0.15) is 0 Å². The van der Waals surface area contributed by atoms with Crippen molar-refractivity contribution < 1.29 is 0 Å². The summed E-state index contributed by atoms with van der Waals surface area (Å²) in [6.45, 7) is 0. The molecule has 0 nitrogen and oxygen atoms in total. The Balaban J connectivity index is 2.36. The third kappa shape index (κ3) is 1.42. The summed E-state index contributed by atoms with van der Waals surface area (Å²) >= 11 is 6.10. The van der Waals surface area contributed by atoms with Crippen LogP contribution >= 0.6 is 24.4 Å². The molecule has 1 rings (SSSR count). The molecule has 0 aromatic carbocycles. The Morgan fingerprint density at radius 2 is 2.71 bits per heavy atom. The molecule has 7 heavy (non-hydrogen) atoms. The monoisotopic (exact) mass is 132 g/mol. The van der Waals surface area contributed by atoms with Crippen LogP contribution in [0.5, 0.6) is 0 Å². The van der Waals surface area contributed by atoms with E-state index < -0.39 is 0 Å². The van der Waals surface area contributed by atoms with Gasteiger partial charge in [0.15, 0.2) is 0 Å². The highest BCUT2D eigenvalue weighted by Gasteiger charge is 1.99. The zero-order chi connectivity index (χ0) is 5.11. The molecule has 0 radical (unpaired) electrons. The van der Waals surface area contributed by atoms with E-state index in [1.54, 1.807) is 0 Å². The third-order valence-corrected chi connectivity index (χ3v) is 2.36. The number of hydrogen-bond acceptors (Lipinski definition) is 2. The van der Waals surface area contributed by atoms with Crippen molar-refractivity contribution in [2.75, 3.05) is 17.3 Å². The summed E-state index contributed by atoms with van der Waals surface area (Å²) < 4.78 is 0. The summed E-state index contributed by atoms with van der Waals surface area (Å²) in [6.07, 6.45) is 2.26.